The fraction of sp³-hybridized carbons (Fsp3) is 0.538. The second kappa shape index (κ2) is 7.85. The second-order valence-electron chi connectivity index (χ2n) is 5.38. The first-order valence-electron chi connectivity index (χ1n) is 6.77. The van der Waals surface area contributed by atoms with Crippen LogP contribution in [0.4, 0.5) is 0 Å². The topological polar surface area (TPSA) is 89.4 Å². The van der Waals surface area contributed by atoms with Gasteiger partial charge >= 0.3 is 0 Å². The molecule has 122 valence electrons. The van der Waals surface area contributed by atoms with E-state index in [2.05, 4.69) is 44.8 Å². The highest BCUT2D eigenvalue weighted by molar-refractivity contribution is 9.10. The van der Waals surface area contributed by atoms with Gasteiger partial charge in [-0.1, -0.05) is 13.8 Å². The Labute approximate surface area is 143 Å². The van der Waals surface area contributed by atoms with Gasteiger partial charge < -0.3 is 10.6 Å². The van der Waals surface area contributed by atoms with E-state index in [1.54, 1.807) is 24.3 Å². The first-order chi connectivity index (χ1) is 9.88. The Hall–Kier alpha value is -1.25. The van der Waals surface area contributed by atoms with Gasteiger partial charge in [-0.3, -0.25) is 4.79 Å². The lowest BCUT2D eigenvalue weighted by atomic mass is 10.0. The fourth-order valence-electron chi connectivity index (χ4n) is 1.80. The van der Waals surface area contributed by atoms with E-state index in [9.17, 15) is 4.79 Å². The van der Waals surface area contributed by atoms with E-state index in [-0.39, 0.29) is 30.2 Å². The van der Waals surface area contributed by atoms with E-state index in [1.807, 2.05) is 0 Å². The molecule has 9 heteroatoms. The van der Waals surface area contributed by atoms with Gasteiger partial charge in [-0.15, -0.1) is 17.5 Å². The van der Waals surface area contributed by atoms with Crippen LogP contribution in [0.15, 0.2) is 16.9 Å². The number of aromatic nitrogens is 4. The van der Waals surface area contributed by atoms with Crippen LogP contribution < -0.4 is 5.73 Å². The number of hydrogen-bond donors (Lipinski definition) is 1. The van der Waals surface area contributed by atoms with E-state index in [0.29, 0.717) is 18.2 Å². The molecule has 2 aromatic rings. The van der Waals surface area contributed by atoms with Crippen LogP contribution in [0.2, 0.25) is 0 Å². The van der Waals surface area contributed by atoms with Crippen molar-refractivity contribution in [3.05, 3.63) is 22.7 Å². The molecule has 0 spiro atoms. The lowest BCUT2D eigenvalue weighted by Gasteiger charge is -2.20. The third-order valence-electron chi connectivity index (χ3n) is 3.35. The Bertz CT molecular complexity index is 646. The van der Waals surface area contributed by atoms with Gasteiger partial charge in [-0.25, -0.2) is 9.50 Å². The molecule has 0 aliphatic rings. The Morgan fingerprint density at radius 3 is 2.82 bits per heavy atom. The molecule has 2 rings (SSSR count). The van der Waals surface area contributed by atoms with Gasteiger partial charge in [0.2, 0.25) is 5.82 Å². The van der Waals surface area contributed by atoms with Crippen LogP contribution in [0.5, 0.6) is 0 Å². The van der Waals surface area contributed by atoms with Gasteiger partial charge in [-0.05, 0) is 28.3 Å². The predicted octanol–water partition coefficient (Wildman–Crippen LogP) is 1.75. The van der Waals surface area contributed by atoms with E-state index in [1.165, 1.54) is 4.52 Å². The molecule has 2 heterocycles. The zero-order valence-electron chi connectivity index (χ0n) is 12.7. The van der Waals surface area contributed by atoms with Crippen LogP contribution in [0, 0.1) is 5.92 Å². The number of carbonyl (C=O) groups is 1. The smallest absolute Gasteiger partial charge is 0.293 e. The molecule has 0 saturated heterocycles. The molecular formula is C13H20BrClN6O. The third-order valence-corrected chi connectivity index (χ3v) is 3.76. The van der Waals surface area contributed by atoms with Gasteiger partial charge in [0, 0.05) is 32.0 Å². The Morgan fingerprint density at radius 2 is 2.18 bits per heavy atom. The first-order valence-corrected chi connectivity index (χ1v) is 7.56. The summed E-state index contributed by atoms with van der Waals surface area (Å²) in [5.41, 5.74) is 5.99. The number of halogens is 2. The van der Waals surface area contributed by atoms with Crippen molar-refractivity contribution in [1.29, 1.82) is 0 Å². The lowest BCUT2D eigenvalue weighted by Crippen LogP contribution is -2.35. The highest BCUT2D eigenvalue weighted by atomic mass is 79.9. The monoisotopic (exact) mass is 390 g/mol. The summed E-state index contributed by atoms with van der Waals surface area (Å²) in [5.74, 6) is 0.700. The highest BCUT2D eigenvalue weighted by Crippen LogP contribution is 2.09. The van der Waals surface area contributed by atoms with Crippen molar-refractivity contribution in [3.63, 3.8) is 0 Å². The van der Waals surface area contributed by atoms with Crippen molar-refractivity contribution in [1.82, 2.24) is 24.5 Å². The van der Waals surface area contributed by atoms with Crippen molar-refractivity contribution < 1.29 is 4.79 Å². The molecule has 0 aromatic carbocycles. The van der Waals surface area contributed by atoms with Gasteiger partial charge in [-0.2, -0.15) is 4.98 Å². The number of fused-ring (bicyclic) bond motifs is 1. The minimum absolute atomic E-state index is 0. The average molecular weight is 392 g/mol. The SMILES string of the molecule is CC(C)C(N)CCN(C)C(=O)c1nc2ncc(Br)cn2n1.Cl. The Kier molecular flexibility index (Phi) is 6.70. The summed E-state index contributed by atoms with van der Waals surface area (Å²) >= 11 is 3.30. The molecule has 0 fully saturated rings. The molecule has 1 atom stereocenters. The molecule has 1 unspecified atom stereocenters. The number of carbonyl (C=O) groups excluding carboxylic acids is 1. The molecule has 0 saturated carbocycles. The summed E-state index contributed by atoms with van der Waals surface area (Å²) in [7, 11) is 1.73. The van der Waals surface area contributed by atoms with Crippen molar-refractivity contribution in [2.75, 3.05) is 13.6 Å². The predicted molar refractivity (Wildman–Crippen MR) is 90.1 cm³/mol. The number of rotatable bonds is 5. The van der Waals surface area contributed by atoms with Crippen molar-refractivity contribution >= 4 is 40.0 Å². The molecule has 0 aliphatic carbocycles. The number of amides is 1. The van der Waals surface area contributed by atoms with Crippen LogP contribution in [0.3, 0.4) is 0 Å². The molecule has 0 aliphatic heterocycles. The number of nitrogens with zero attached hydrogens (tertiary/aromatic N) is 5. The van der Waals surface area contributed by atoms with Gasteiger partial charge in [0.05, 0.1) is 4.47 Å². The molecule has 1 amide bonds. The molecule has 0 bridgehead atoms. The summed E-state index contributed by atoms with van der Waals surface area (Å²) in [4.78, 5) is 22.1. The average Bonchev–Trinajstić information content (AvgIpc) is 2.86. The fourth-order valence-corrected chi connectivity index (χ4v) is 2.09. The molecule has 22 heavy (non-hydrogen) atoms. The Morgan fingerprint density at radius 1 is 1.50 bits per heavy atom. The van der Waals surface area contributed by atoms with Crippen molar-refractivity contribution in [3.8, 4) is 0 Å². The largest absolute Gasteiger partial charge is 0.339 e. The molecule has 2 N–H and O–H groups in total. The second-order valence-corrected chi connectivity index (χ2v) is 6.29. The number of nitrogens with two attached hydrogens (primary N) is 1. The molecular weight excluding hydrogens is 372 g/mol. The standard InChI is InChI=1S/C13H19BrN6O.ClH/c1-8(2)10(15)4-5-19(3)12(21)11-17-13-16-6-9(14)7-20(13)18-11;/h6-8,10H,4-5,15H2,1-3H3;1H. The minimum Gasteiger partial charge on any atom is -0.339 e. The van der Waals surface area contributed by atoms with Gasteiger partial charge in [0.15, 0.2) is 0 Å². The van der Waals surface area contributed by atoms with Gasteiger partial charge in [0.25, 0.3) is 11.7 Å². The summed E-state index contributed by atoms with van der Waals surface area (Å²) in [5, 5.41) is 4.15. The zero-order valence-corrected chi connectivity index (χ0v) is 15.1. The number of hydrogen-bond acceptors (Lipinski definition) is 5. The van der Waals surface area contributed by atoms with E-state index in [4.69, 9.17) is 5.73 Å². The summed E-state index contributed by atoms with van der Waals surface area (Å²) < 4.78 is 2.25. The van der Waals surface area contributed by atoms with E-state index in [0.717, 1.165) is 10.9 Å². The Balaban J connectivity index is 0.00000242. The summed E-state index contributed by atoms with van der Waals surface area (Å²) in [6.45, 7) is 4.71. The maximum Gasteiger partial charge on any atom is 0.293 e. The maximum absolute atomic E-state index is 12.3. The van der Waals surface area contributed by atoms with Crippen LogP contribution in [0.1, 0.15) is 30.9 Å². The third kappa shape index (κ3) is 4.37. The van der Waals surface area contributed by atoms with Crippen LogP contribution in [-0.2, 0) is 0 Å². The summed E-state index contributed by atoms with van der Waals surface area (Å²) in [6.07, 6.45) is 4.07. The molecule has 2 aromatic heterocycles. The normalized spacial score (nSPS) is 12.3. The van der Waals surface area contributed by atoms with Crippen molar-refractivity contribution in [2.24, 2.45) is 11.7 Å². The van der Waals surface area contributed by atoms with Crippen LogP contribution in [-0.4, -0.2) is 50.0 Å². The van der Waals surface area contributed by atoms with E-state index >= 15 is 0 Å². The van der Waals surface area contributed by atoms with Crippen LogP contribution in [0.25, 0.3) is 5.78 Å². The lowest BCUT2D eigenvalue weighted by molar-refractivity contribution is 0.0777. The van der Waals surface area contributed by atoms with Gasteiger partial charge in [0.1, 0.15) is 0 Å². The van der Waals surface area contributed by atoms with Crippen molar-refractivity contribution in [2.45, 2.75) is 26.3 Å². The summed E-state index contributed by atoms with van der Waals surface area (Å²) in [6, 6.07) is 0.0758. The quantitative estimate of drug-likeness (QED) is 0.839. The minimum atomic E-state index is -0.229. The highest BCUT2D eigenvalue weighted by Gasteiger charge is 2.19. The zero-order chi connectivity index (χ0) is 15.6. The molecule has 7 nitrogen and oxygen atoms in total. The first kappa shape index (κ1) is 18.8. The van der Waals surface area contributed by atoms with Crippen LogP contribution >= 0.6 is 28.3 Å². The maximum atomic E-state index is 12.3. The van der Waals surface area contributed by atoms with E-state index < -0.39 is 0 Å². The molecule has 0 radical (unpaired) electrons.